The van der Waals surface area contributed by atoms with Gasteiger partial charge in [0.15, 0.2) is 15.6 Å². The molecule has 0 aliphatic heterocycles. The van der Waals surface area contributed by atoms with Crippen molar-refractivity contribution in [1.29, 1.82) is 0 Å². The topological polar surface area (TPSA) is 110 Å². The van der Waals surface area contributed by atoms with Gasteiger partial charge in [0.2, 0.25) is 0 Å². The summed E-state index contributed by atoms with van der Waals surface area (Å²) in [4.78, 5) is 29.3. The summed E-state index contributed by atoms with van der Waals surface area (Å²) in [6.45, 7) is 4.28. The van der Waals surface area contributed by atoms with E-state index in [4.69, 9.17) is 27.9 Å². The highest BCUT2D eigenvalue weighted by Gasteiger charge is 2.24. The van der Waals surface area contributed by atoms with Crippen molar-refractivity contribution in [3.8, 4) is 5.75 Å². The second-order valence-electron chi connectivity index (χ2n) is 11.4. The molecule has 5 rings (SSSR count). The highest BCUT2D eigenvalue weighted by atomic mass is 35.5. The summed E-state index contributed by atoms with van der Waals surface area (Å²) in [7, 11) is -3.89. The number of halogens is 3. The zero-order valence-electron chi connectivity index (χ0n) is 25.9. The summed E-state index contributed by atoms with van der Waals surface area (Å²) in [5, 5.41) is 4.58. The van der Waals surface area contributed by atoms with E-state index in [0.29, 0.717) is 57.6 Å². The number of aromatic amines is 1. The molecule has 3 aromatic carbocycles. The molecule has 47 heavy (non-hydrogen) atoms. The summed E-state index contributed by atoms with van der Waals surface area (Å²) >= 11 is 12.5. The van der Waals surface area contributed by atoms with Crippen molar-refractivity contribution in [2.24, 2.45) is 0 Å². The zero-order chi connectivity index (χ0) is 33.7. The number of aromatic nitrogens is 2. The van der Waals surface area contributed by atoms with Crippen LogP contribution >= 0.6 is 23.2 Å². The highest BCUT2D eigenvalue weighted by molar-refractivity contribution is 7.92. The van der Waals surface area contributed by atoms with E-state index in [2.05, 4.69) is 10.3 Å². The number of Topliss-reactive ketones (excluding diaryl/α,β-unsaturated/α-hetero) is 1. The monoisotopic (exact) mass is 697 g/mol. The summed E-state index contributed by atoms with van der Waals surface area (Å²) in [6.07, 6.45) is 2.71. The Labute approximate surface area is 282 Å². The van der Waals surface area contributed by atoms with Gasteiger partial charge >= 0.3 is 0 Å². The Hall–Kier alpha value is -4.12. The van der Waals surface area contributed by atoms with Gasteiger partial charge in [0.1, 0.15) is 23.0 Å². The molecular formula is C35H34Cl2FN3O5S. The number of hydrogen-bond acceptors (Lipinski definition) is 5. The summed E-state index contributed by atoms with van der Waals surface area (Å²) in [5.74, 6) is -1.89. The average molecular weight is 699 g/mol. The minimum atomic E-state index is -3.89. The third kappa shape index (κ3) is 8.62. The fourth-order valence-corrected chi connectivity index (χ4v) is 6.88. The first kappa shape index (κ1) is 34.2. The number of nitrogens with zero attached hydrogens (tertiary/aromatic N) is 1. The van der Waals surface area contributed by atoms with E-state index in [-0.39, 0.29) is 24.6 Å². The minimum absolute atomic E-state index is 0.185. The number of hydrogen-bond donors (Lipinski definition) is 2. The lowest BCUT2D eigenvalue weighted by molar-refractivity contribution is 0.0946. The number of rotatable bonds is 14. The van der Waals surface area contributed by atoms with Gasteiger partial charge in [-0.2, -0.15) is 0 Å². The Morgan fingerprint density at radius 2 is 1.77 bits per heavy atom. The lowest BCUT2D eigenvalue weighted by Crippen LogP contribution is -2.32. The molecule has 1 amide bonds. The van der Waals surface area contributed by atoms with Crippen molar-refractivity contribution in [3.63, 3.8) is 0 Å². The number of fused-ring (bicyclic) bond motifs is 1. The van der Waals surface area contributed by atoms with Gasteiger partial charge < -0.3 is 19.6 Å². The van der Waals surface area contributed by atoms with Crippen molar-refractivity contribution < 1.29 is 27.1 Å². The maximum absolute atomic E-state index is 13.6. The molecule has 246 valence electrons. The number of carbonyl (C=O) groups excluding carboxylic acids is 2. The number of benzene rings is 3. The van der Waals surface area contributed by atoms with E-state index in [0.717, 1.165) is 16.5 Å². The predicted molar refractivity (Wildman–Crippen MR) is 183 cm³/mol. The molecule has 0 fully saturated rings. The second kappa shape index (κ2) is 14.8. The highest BCUT2D eigenvalue weighted by Crippen LogP contribution is 2.29. The van der Waals surface area contributed by atoms with Crippen LogP contribution in [0.1, 0.15) is 49.7 Å². The Bertz CT molecular complexity index is 2030. The molecule has 0 aliphatic carbocycles. The molecule has 12 heteroatoms. The van der Waals surface area contributed by atoms with Crippen LogP contribution in [0, 0.1) is 19.7 Å². The van der Waals surface area contributed by atoms with Gasteiger partial charge in [0.05, 0.1) is 18.1 Å². The van der Waals surface area contributed by atoms with Gasteiger partial charge in [-0.1, -0.05) is 41.4 Å². The van der Waals surface area contributed by atoms with Crippen molar-refractivity contribution >= 4 is 55.6 Å². The van der Waals surface area contributed by atoms with E-state index in [1.165, 1.54) is 12.1 Å². The molecule has 0 radical (unpaired) electrons. The molecule has 2 N–H and O–H groups in total. The third-order valence-electron chi connectivity index (χ3n) is 7.75. The maximum Gasteiger partial charge on any atom is 0.267 e. The van der Waals surface area contributed by atoms with Crippen LogP contribution in [-0.4, -0.2) is 54.3 Å². The van der Waals surface area contributed by atoms with Crippen LogP contribution in [-0.2, 0) is 22.8 Å². The molecule has 5 aromatic rings. The SMILES string of the molecule is Cc1cc(OCCCc2c(C(=O)CS(=O)(=O)CCNC(=O)c3cccn3Cc3cccc(F)c3)[nH]c3cc(Cl)ccc23)cc(C)c1Cl. The van der Waals surface area contributed by atoms with Gasteiger partial charge in [-0.3, -0.25) is 9.59 Å². The lowest BCUT2D eigenvalue weighted by atomic mass is 10.0. The number of ether oxygens (including phenoxy) is 1. The summed E-state index contributed by atoms with van der Waals surface area (Å²) in [6, 6.07) is 18.3. The normalized spacial score (nSPS) is 11.6. The zero-order valence-corrected chi connectivity index (χ0v) is 28.2. The van der Waals surface area contributed by atoms with Gasteiger partial charge in [0, 0.05) is 40.2 Å². The van der Waals surface area contributed by atoms with E-state index < -0.39 is 33.0 Å². The van der Waals surface area contributed by atoms with Crippen LogP contribution in [0.2, 0.25) is 10.0 Å². The first-order valence-electron chi connectivity index (χ1n) is 15.0. The van der Waals surface area contributed by atoms with E-state index in [1.807, 2.05) is 26.0 Å². The molecular weight excluding hydrogens is 664 g/mol. The number of amides is 1. The third-order valence-corrected chi connectivity index (χ3v) is 10.1. The van der Waals surface area contributed by atoms with Crippen LogP contribution in [0.15, 0.2) is 72.9 Å². The van der Waals surface area contributed by atoms with Gasteiger partial charge in [-0.05, 0) is 97.5 Å². The quantitative estimate of drug-likeness (QED) is 0.0949. The van der Waals surface area contributed by atoms with E-state index in [1.54, 1.807) is 53.2 Å². The number of sulfone groups is 1. The molecule has 0 spiro atoms. The number of aryl methyl sites for hydroxylation is 3. The Balaban J connectivity index is 1.20. The molecule has 0 saturated carbocycles. The van der Waals surface area contributed by atoms with Gasteiger partial charge in [-0.15, -0.1) is 0 Å². The Morgan fingerprint density at radius 1 is 1.00 bits per heavy atom. The predicted octanol–water partition coefficient (Wildman–Crippen LogP) is 7.12. The van der Waals surface area contributed by atoms with Crippen molar-refractivity contribution in [2.45, 2.75) is 33.2 Å². The number of nitrogens with one attached hydrogen (secondary N) is 2. The Kier molecular flexibility index (Phi) is 10.7. The Morgan fingerprint density at radius 3 is 2.51 bits per heavy atom. The summed E-state index contributed by atoms with van der Waals surface area (Å²) < 4.78 is 47.2. The lowest BCUT2D eigenvalue weighted by Gasteiger charge is -2.11. The molecule has 0 atom stereocenters. The van der Waals surface area contributed by atoms with Gasteiger partial charge in [-0.25, -0.2) is 12.8 Å². The molecule has 0 unspecified atom stereocenters. The van der Waals surface area contributed by atoms with Crippen LogP contribution in [0.3, 0.4) is 0 Å². The molecule has 2 heterocycles. The maximum atomic E-state index is 13.6. The average Bonchev–Trinajstić information content (AvgIpc) is 3.62. The molecule has 2 aromatic heterocycles. The van der Waals surface area contributed by atoms with Crippen LogP contribution in [0.4, 0.5) is 4.39 Å². The van der Waals surface area contributed by atoms with E-state index in [9.17, 15) is 22.4 Å². The first-order valence-corrected chi connectivity index (χ1v) is 17.6. The standard InChI is InChI=1S/C35H34Cl2FN3O5S/c1-22-16-27(17-23(2)33(22)37)46-14-5-8-29-28-11-10-25(36)19-30(28)40-34(29)32(42)21-47(44,45)15-12-39-35(43)31-9-4-13-41(31)20-24-6-3-7-26(38)18-24/h3-4,6-7,9-11,13,16-19,40H,5,8,12,14-15,20-21H2,1-2H3,(H,39,43). The van der Waals surface area contributed by atoms with Crippen molar-refractivity contribution in [2.75, 3.05) is 24.7 Å². The van der Waals surface area contributed by atoms with Crippen molar-refractivity contribution in [1.82, 2.24) is 14.9 Å². The van der Waals surface area contributed by atoms with E-state index >= 15 is 0 Å². The number of H-pyrrole nitrogens is 1. The minimum Gasteiger partial charge on any atom is -0.494 e. The molecule has 0 aliphatic rings. The molecule has 0 bridgehead atoms. The van der Waals surface area contributed by atoms with Crippen LogP contribution in [0.25, 0.3) is 10.9 Å². The van der Waals surface area contributed by atoms with Gasteiger partial charge in [0.25, 0.3) is 5.91 Å². The first-order chi connectivity index (χ1) is 22.4. The fourth-order valence-electron chi connectivity index (χ4n) is 5.50. The summed E-state index contributed by atoms with van der Waals surface area (Å²) in [5.41, 5.74) is 4.34. The van der Waals surface area contributed by atoms with Crippen LogP contribution in [0.5, 0.6) is 5.75 Å². The smallest absolute Gasteiger partial charge is 0.267 e. The molecule has 0 saturated heterocycles. The molecule has 8 nitrogen and oxygen atoms in total. The largest absolute Gasteiger partial charge is 0.494 e. The second-order valence-corrected chi connectivity index (χ2v) is 14.4. The fraction of sp³-hybridized carbons (Fsp3) is 0.257. The van der Waals surface area contributed by atoms with Crippen LogP contribution < -0.4 is 10.1 Å². The number of ketones is 1. The van der Waals surface area contributed by atoms with Crippen molar-refractivity contribution in [3.05, 3.63) is 122 Å². The number of carbonyl (C=O) groups is 2.